The highest BCUT2D eigenvalue weighted by atomic mass is 16.5. The van der Waals surface area contributed by atoms with E-state index in [0.717, 1.165) is 17.7 Å². The van der Waals surface area contributed by atoms with Crippen LogP contribution in [-0.2, 0) is 17.8 Å². The van der Waals surface area contributed by atoms with E-state index in [1.807, 2.05) is 24.3 Å². The van der Waals surface area contributed by atoms with Gasteiger partial charge in [-0.25, -0.2) is 9.78 Å². The summed E-state index contributed by atoms with van der Waals surface area (Å²) in [4.78, 5) is 27.3. The standard InChI is InChI=1S/C16H17N3O3/c20-15(17-9-11-19-10-3-8-18-16(19)21)14-7-6-12-4-1-2-5-13(12)22-14/h1-5,8,10,14H,6-7,9,11H2,(H,17,20). The van der Waals surface area contributed by atoms with Gasteiger partial charge in [0.25, 0.3) is 5.91 Å². The van der Waals surface area contributed by atoms with Gasteiger partial charge >= 0.3 is 5.69 Å². The monoisotopic (exact) mass is 299 g/mol. The van der Waals surface area contributed by atoms with Crippen molar-refractivity contribution in [1.82, 2.24) is 14.9 Å². The molecule has 6 heteroatoms. The van der Waals surface area contributed by atoms with Crippen molar-refractivity contribution in [2.75, 3.05) is 6.54 Å². The van der Waals surface area contributed by atoms with Crippen LogP contribution in [0.2, 0.25) is 0 Å². The number of aromatic nitrogens is 2. The Morgan fingerprint density at radius 1 is 1.36 bits per heavy atom. The second-order valence-corrected chi connectivity index (χ2v) is 5.14. The fraction of sp³-hybridized carbons (Fsp3) is 0.312. The molecule has 0 aliphatic carbocycles. The number of hydrogen-bond acceptors (Lipinski definition) is 4. The van der Waals surface area contributed by atoms with E-state index in [0.29, 0.717) is 19.5 Å². The summed E-state index contributed by atoms with van der Waals surface area (Å²) in [6, 6.07) is 9.44. The second-order valence-electron chi connectivity index (χ2n) is 5.14. The number of benzene rings is 1. The summed E-state index contributed by atoms with van der Waals surface area (Å²) in [5.41, 5.74) is 0.813. The van der Waals surface area contributed by atoms with E-state index in [9.17, 15) is 9.59 Å². The fourth-order valence-electron chi connectivity index (χ4n) is 2.48. The molecular weight excluding hydrogens is 282 g/mol. The molecule has 0 bridgehead atoms. The van der Waals surface area contributed by atoms with Crippen molar-refractivity contribution in [3.05, 3.63) is 58.8 Å². The first-order valence-electron chi connectivity index (χ1n) is 7.28. The molecule has 1 aromatic carbocycles. The number of aryl methyl sites for hydroxylation is 1. The molecule has 0 fully saturated rings. The first-order chi connectivity index (χ1) is 10.7. The zero-order chi connectivity index (χ0) is 15.4. The smallest absolute Gasteiger partial charge is 0.347 e. The van der Waals surface area contributed by atoms with Crippen LogP contribution in [0.5, 0.6) is 5.75 Å². The molecule has 1 N–H and O–H groups in total. The third-order valence-corrected chi connectivity index (χ3v) is 3.64. The molecule has 114 valence electrons. The molecule has 22 heavy (non-hydrogen) atoms. The highest BCUT2D eigenvalue weighted by molar-refractivity contribution is 5.81. The molecule has 0 spiro atoms. The van der Waals surface area contributed by atoms with Crippen LogP contribution in [0.4, 0.5) is 0 Å². The number of carbonyl (C=O) groups excluding carboxylic acids is 1. The summed E-state index contributed by atoms with van der Waals surface area (Å²) in [5.74, 6) is 0.629. The lowest BCUT2D eigenvalue weighted by atomic mass is 10.0. The van der Waals surface area contributed by atoms with Crippen molar-refractivity contribution in [3.63, 3.8) is 0 Å². The van der Waals surface area contributed by atoms with Crippen LogP contribution in [0, 0.1) is 0 Å². The lowest BCUT2D eigenvalue weighted by molar-refractivity contribution is -0.128. The van der Waals surface area contributed by atoms with Crippen LogP contribution in [-0.4, -0.2) is 28.1 Å². The van der Waals surface area contributed by atoms with Crippen molar-refractivity contribution in [3.8, 4) is 5.75 Å². The average Bonchev–Trinajstić information content (AvgIpc) is 2.56. The normalized spacial score (nSPS) is 16.5. The number of hydrogen-bond donors (Lipinski definition) is 1. The number of amides is 1. The highest BCUT2D eigenvalue weighted by Crippen LogP contribution is 2.26. The van der Waals surface area contributed by atoms with Crippen molar-refractivity contribution >= 4 is 5.91 Å². The van der Waals surface area contributed by atoms with Crippen LogP contribution >= 0.6 is 0 Å². The Balaban J connectivity index is 1.53. The molecule has 1 aliphatic rings. The summed E-state index contributed by atoms with van der Waals surface area (Å²) in [6.07, 6.45) is 4.12. The van der Waals surface area contributed by atoms with Gasteiger partial charge < -0.3 is 10.1 Å². The zero-order valence-electron chi connectivity index (χ0n) is 12.1. The minimum absolute atomic E-state index is 0.147. The molecular formula is C16H17N3O3. The second kappa shape index (κ2) is 6.43. The summed E-state index contributed by atoms with van der Waals surface area (Å²) in [7, 11) is 0. The number of ether oxygens (including phenoxy) is 1. The first kappa shape index (κ1) is 14.3. The van der Waals surface area contributed by atoms with E-state index in [1.165, 1.54) is 10.8 Å². The van der Waals surface area contributed by atoms with Gasteiger partial charge in [-0.2, -0.15) is 0 Å². The molecule has 2 heterocycles. The third-order valence-electron chi connectivity index (χ3n) is 3.64. The topological polar surface area (TPSA) is 73.2 Å². The maximum absolute atomic E-state index is 12.1. The van der Waals surface area contributed by atoms with Gasteiger partial charge in [-0.15, -0.1) is 0 Å². The van der Waals surface area contributed by atoms with Crippen LogP contribution in [0.3, 0.4) is 0 Å². The number of carbonyl (C=O) groups is 1. The number of para-hydroxylation sites is 1. The number of fused-ring (bicyclic) bond motifs is 1. The highest BCUT2D eigenvalue weighted by Gasteiger charge is 2.25. The Hall–Kier alpha value is -2.63. The minimum atomic E-state index is -0.472. The molecule has 3 rings (SSSR count). The predicted molar refractivity (Wildman–Crippen MR) is 80.7 cm³/mol. The van der Waals surface area contributed by atoms with Crippen molar-refractivity contribution < 1.29 is 9.53 Å². The van der Waals surface area contributed by atoms with E-state index in [4.69, 9.17) is 4.74 Å². The number of rotatable bonds is 4. The van der Waals surface area contributed by atoms with Crippen molar-refractivity contribution in [1.29, 1.82) is 0 Å². The van der Waals surface area contributed by atoms with Crippen LogP contribution in [0.1, 0.15) is 12.0 Å². The third kappa shape index (κ3) is 3.16. The zero-order valence-corrected chi connectivity index (χ0v) is 12.1. The SMILES string of the molecule is O=C(NCCn1cccnc1=O)C1CCc2ccccc2O1. The molecule has 0 radical (unpaired) electrons. The molecule has 1 atom stereocenters. The Morgan fingerprint density at radius 2 is 2.23 bits per heavy atom. The van der Waals surface area contributed by atoms with Gasteiger partial charge in [0.05, 0.1) is 0 Å². The Labute approximate surface area is 127 Å². The molecule has 6 nitrogen and oxygen atoms in total. The van der Waals surface area contributed by atoms with Gasteiger partial charge in [-0.1, -0.05) is 18.2 Å². The first-order valence-corrected chi connectivity index (χ1v) is 7.28. The summed E-state index contributed by atoms with van der Waals surface area (Å²) < 4.78 is 7.18. The lowest BCUT2D eigenvalue weighted by Gasteiger charge is -2.25. The molecule has 1 aliphatic heterocycles. The van der Waals surface area contributed by atoms with E-state index in [1.54, 1.807) is 12.3 Å². The van der Waals surface area contributed by atoms with Crippen LogP contribution in [0.25, 0.3) is 0 Å². The average molecular weight is 299 g/mol. The van der Waals surface area contributed by atoms with Crippen molar-refractivity contribution in [2.45, 2.75) is 25.5 Å². The van der Waals surface area contributed by atoms with E-state index >= 15 is 0 Å². The largest absolute Gasteiger partial charge is 0.480 e. The number of nitrogens with zero attached hydrogens (tertiary/aromatic N) is 2. The number of nitrogens with one attached hydrogen (secondary N) is 1. The lowest BCUT2D eigenvalue weighted by Crippen LogP contribution is -2.42. The van der Waals surface area contributed by atoms with E-state index in [2.05, 4.69) is 10.3 Å². The Bertz CT molecular complexity index is 726. The maximum Gasteiger partial charge on any atom is 0.347 e. The summed E-state index contributed by atoms with van der Waals surface area (Å²) >= 11 is 0. The molecule has 0 saturated carbocycles. The van der Waals surface area contributed by atoms with Gasteiger partial charge in [-0.05, 0) is 30.5 Å². The summed E-state index contributed by atoms with van der Waals surface area (Å²) in [6.45, 7) is 0.758. The molecule has 1 amide bonds. The van der Waals surface area contributed by atoms with Crippen molar-refractivity contribution in [2.24, 2.45) is 0 Å². The van der Waals surface area contributed by atoms with Crippen LogP contribution < -0.4 is 15.7 Å². The molecule has 0 saturated heterocycles. The van der Waals surface area contributed by atoms with E-state index < -0.39 is 6.10 Å². The fourth-order valence-corrected chi connectivity index (χ4v) is 2.48. The van der Waals surface area contributed by atoms with Gasteiger partial charge in [0.1, 0.15) is 5.75 Å². The molecule has 1 aromatic heterocycles. The Morgan fingerprint density at radius 3 is 3.09 bits per heavy atom. The molecule has 1 unspecified atom stereocenters. The van der Waals surface area contributed by atoms with Gasteiger partial charge in [-0.3, -0.25) is 9.36 Å². The van der Waals surface area contributed by atoms with Gasteiger partial charge in [0.2, 0.25) is 0 Å². The van der Waals surface area contributed by atoms with Gasteiger partial charge in [0.15, 0.2) is 6.10 Å². The van der Waals surface area contributed by atoms with Crippen LogP contribution in [0.15, 0.2) is 47.5 Å². The van der Waals surface area contributed by atoms with Gasteiger partial charge in [0, 0.05) is 25.5 Å². The van der Waals surface area contributed by atoms with E-state index in [-0.39, 0.29) is 11.6 Å². The molecule has 2 aromatic rings. The Kier molecular flexibility index (Phi) is 4.18. The minimum Gasteiger partial charge on any atom is -0.480 e. The summed E-state index contributed by atoms with van der Waals surface area (Å²) in [5, 5.41) is 2.81. The predicted octanol–water partition coefficient (Wildman–Crippen LogP) is 0.753. The quantitative estimate of drug-likeness (QED) is 0.904. The maximum atomic E-state index is 12.1.